The van der Waals surface area contributed by atoms with Gasteiger partial charge < -0.3 is 9.72 Å². The minimum atomic E-state index is -3.32. The molecule has 0 saturated heterocycles. The Bertz CT molecular complexity index is 1060. The molecule has 3 aromatic rings. The molecule has 24 heavy (non-hydrogen) atoms. The molecule has 0 unspecified atom stereocenters. The van der Waals surface area contributed by atoms with Gasteiger partial charge in [0.2, 0.25) is 0 Å². The Morgan fingerprint density at radius 3 is 2.71 bits per heavy atom. The van der Waals surface area contributed by atoms with Crippen molar-refractivity contribution >= 4 is 20.9 Å². The summed E-state index contributed by atoms with van der Waals surface area (Å²) in [6, 6.07) is 12.0. The van der Waals surface area contributed by atoms with Gasteiger partial charge >= 0.3 is 0 Å². The number of aromatic nitrogens is 2. The van der Waals surface area contributed by atoms with E-state index >= 15 is 0 Å². The predicted octanol–water partition coefficient (Wildman–Crippen LogP) is 2.90. The number of fused-ring (bicyclic) bond motifs is 1. The van der Waals surface area contributed by atoms with E-state index in [0.29, 0.717) is 34.8 Å². The molecule has 1 N–H and O–H groups in total. The maximum Gasteiger partial charge on any atom is 0.175 e. The number of nitriles is 1. The average Bonchev–Trinajstić information content (AvgIpc) is 2.97. The fraction of sp³-hybridized carbons (Fsp3) is 0.176. The van der Waals surface area contributed by atoms with Crippen LogP contribution >= 0.6 is 0 Å². The monoisotopic (exact) mass is 341 g/mol. The number of aromatic amines is 1. The second-order valence-electron chi connectivity index (χ2n) is 5.29. The molecule has 0 atom stereocenters. The van der Waals surface area contributed by atoms with Crippen LogP contribution < -0.4 is 4.74 Å². The van der Waals surface area contributed by atoms with E-state index < -0.39 is 9.84 Å². The van der Waals surface area contributed by atoms with Crippen LogP contribution in [0.5, 0.6) is 5.75 Å². The lowest BCUT2D eigenvalue weighted by Gasteiger charge is -2.10. The van der Waals surface area contributed by atoms with Crippen LogP contribution in [0.1, 0.15) is 12.5 Å². The first-order valence-electron chi connectivity index (χ1n) is 7.29. The Morgan fingerprint density at radius 1 is 1.25 bits per heavy atom. The van der Waals surface area contributed by atoms with E-state index in [1.165, 1.54) is 12.1 Å². The zero-order chi connectivity index (χ0) is 17.3. The number of benzene rings is 2. The van der Waals surface area contributed by atoms with E-state index in [2.05, 4.69) is 16.0 Å². The topological polar surface area (TPSA) is 95.8 Å². The molecule has 0 saturated carbocycles. The number of rotatable bonds is 4. The third kappa shape index (κ3) is 2.96. The van der Waals surface area contributed by atoms with Crippen molar-refractivity contribution in [3.63, 3.8) is 0 Å². The molecule has 0 fully saturated rings. The standard InChI is InChI=1S/C17H15N3O3S/c1-3-23-16-9-12(24(2,21)22)5-6-13(16)17-19-14-7-4-11(10-18)8-15(14)20-17/h4-9H,3H2,1-2H3,(H,19,20). The first kappa shape index (κ1) is 16.0. The second kappa shape index (κ2) is 5.98. The highest BCUT2D eigenvalue weighted by Crippen LogP contribution is 2.32. The first-order chi connectivity index (χ1) is 11.4. The Labute approximate surface area is 139 Å². The molecular weight excluding hydrogens is 326 g/mol. The van der Waals surface area contributed by atoms with Gasteiger partial charge in [-0.2, -0.15) is 5.26 Å². The highest BCUT2D eigenvalue weighted by atomic mass is 32.2. The van der Waals surface area contributed by atoms with Gasteiger partial charge in [-0.3, -0.25) is 0 Å². The van der Waals surface area contributed by atoms with Crippen LogP contribution in [0.4, 0.5) is 0 Å². The lowest BCUT2D eigenvalue weighted by Crippen LogP contribution is -2.00. The van der Waals surface area contributed by atoms with Gasteiger partial charge in [-0.15, -0.1) is 0 Å². The van der Waals surface area contributed by atoms with Gasteiger partial charge in [-0.05, 0) is 43.3 Å². The largest absolute Gasteiger partial charge is 0.493 e. The maximum atomic E-state index is 11.7. The van der Waals surface area contributed by atoms with Crippen LogP contribution in [0.3, 0.4) is 0 Å². The van der Waals surface area contributed by atoms with Crippen LogP contribution in [0.25, 0.3) is 22.4 Å². The van der Waals surface area contributed by atoms with Gasteiger partial charge in [0.15, 0.2) is 9.84 Å². The van der Waals surface area contributed by atoms with Crippen molar-refractivity contribution < 1.29 is 13.2 Å². The van der Waals surface area contributed by atoms with Gasteiger partial charge in [-0.1, -0.05) is 0 Å². The molecule has 0 spiro atoms. The molecule has 0 bridgehead atoms. The van der Waals surface area contributed by atoms with Crippen molar-refractivity contribution in [1.29, 1.82) is 5.26 Å². The number of imidazole rings is 1. The zero-order valence-corrected chi connectivity index (χ0v) is 14.0. The smallest absolute Gasteiger partial charge is 0.175 e. The molecule has 122 valence electrons. The fourth-order valence-corrected chi connectivity index (χ4v) is 3.04. The lowest BCUT2D eigenvalue weighted by atomic mass is 10.2. The normalized spacial score (nSPS) is 11.4. The van der Waals surface area contributed by atoms with Crippen molar-refractivity contribution in [2.45, 2.75) is 11.8 Å². The Morgan fingerprint density at radius 2 is 2.04 bits per heavy atom. The Kier molecular flexibility index (Phi) is 3.99. The fourth-order valence-electron chi connectivity index (χ4n) is 2.41. The Balaban J connectivity index is 2.16. The summed E-state index contributed by atoms with van der Waals surface area (Å²) < 4.78 is 29.1. The summed E-state index contributed by atoms with van der Waals surface area (Å²) in [6.07, 6.45) is 1.16. The number of nitrogens with zero attached hydrogens (tertiary/aromatic N) is 2. The summed E-state index contributed by atoms with van der Waals surface area (Å²) in [5.74, 6) is 1.00. The molecule has 0 aliphatic carbocycles. The number of sulfone groups is 1. The maximum absolute atomic E-state index is 11.7. The van der Waals surface area contributed by atoms with Crippen LogP contribution in [0.2, 0.25) is 0 Å². The minimum Gasteiger partial charge on any atom is -0.493 e. The second-order valence-corrected chi connectivity index (χ2v) is 7.31. The van der Waals surface area contributed by atoms with Crippen LogP contribution in [-0.4, -0.2) is 31.2 Å². The third-order valence-electron chi connectivity index (χ3n) is 3.55. The molecule has 0 aliphatic heterocycles. The zero-order valence-electron chi connectivity index (χ0n) is 13.2. The lowest BCUT2D eigenvalue weighted by molar-refractivity contribution is 0.340. The number of H-pyrrole nitrogens is 1. The number of nitrogens with one attached hydrogen (secondary N) is 1. The van der Waals surface area contributed by atoms with E-state index in [-0.39, 0.29) is 4.90 Å². The van der Waals surface area contributed by atoms with Gasteiger partial charge in [-0.25, -0.2) is 13.4 Å². The van der Waals surface area contributed by atoms with E-state index in [1.807, 2.05) is 6.92 Å². The summed E-state index contributed by atoms with van der Waals surface area (Å²) in [5.41, 5.74) is 2.65. The molecule has 2 aromatic carbocycles. The van der Waals surface area contributed by atoms with Crippen molar-refractivity contribution in [3.8, 4) is 23.2 Å². The molecule has 3 rings (SSSR count). The highest BCUT2D eigenvalue weighted by molar-refractivity contribution is 7.90. The van der Waals surface area contributed by atoms with Gasteiger partial charge in [0.25, 0.3) is 0 Å². The van der Waals surface area contributed by atoms with Crippen LogP contribution in [-0.2, 0) is 9.84 Å². The van der Waals surface area contributed by atoms with E-state index in [1.54, 1.807) is 24.3 Å². The first-order valence-corrected chi connectivity index (χ1v) is 9.18. The van der Waals surface area contributed by atoms with Gasteiger partial charge in [0, 0.05) is 6.26 Å². The molecule has 7 heteroatoms. The molecular formula is C17H15N3O3S. The SMILES string of the molecule is CCOc1cc(S(C)(=O)=O)ccc1-c1nc2cc(C#N)ccc2[nH]1. The van der Waals surface area contributed by atoms with Crippen molar-refractivity contribution in [3.05, 3.63) is 42.0 Å². The molecule has 0 amide bonds. The molecule has 0 radical (unpaired) electrons. The van der Waals surface area contributed by atoms with Crippen molar-refractivity contribution in [1.82, 2.24) is 9.97 Å². The predicted molar refractivity (Wildman–Crippen MR) is 90.5 cm³/mol. The van der Waals surface area contributed by atoms with Gasteiger partial charge in [0.1, 0.15) is 11.6 Å². The number of ether oxygens (including phenoxy) is 1. The van der Waals surface area contributed by atoms with E-state index in [9.17, 15) is 8.42 Å². The highest BCUT2D eigenvalue weighted by Gasteiger charge is 2.15. The summed E-state index contributed by atoms with van der Waals surface area (Å²) in [5, 5.41) is 8.98. The number of hydrogen-bond acceptors (Lipinski definition) is 5. The number of hydrogen-bond donors (Lipinski definition) is 1. The van der Waals surface area contributed by atoms with Crippen LogP contribution in [0, 0.1) is 11.3 Å². The summed E-state index contributed by atoms with van der Waals surface area (Å²) in [7, 11) is -3.32. The van der Waals surface area contributed by atoms with Crippen molar-refractivity contribution in [2.75, 3.05) is 12.9 Å². The molecule has 1 heterocycles. The molecule has 1 aromatic heterocycles. The minimum absolute atomic E-state index is 0.192. The average molecular weight is 341 g/mol. The Hall–Kier alpha value is -2.85. The van der Waals surface area contributed by atoms with Crippen LogP contribution in [0.15, 0.2) is 41.3 Å². The van der Waals surface area contributed by atoms with E-state index in [4.69, 9.17) is 10.00 Å². The third-order valence-corrected chi connectivity index (χ3v) is 4.66. The quantitative estimate of drug-likeness (QED) is 0.787. The molecule has 6 nitrogen and oxygen atoms in total. The van der Waals surface area contributed by atoms with E-state index in [0.717, 1.165) is 11.8 Å². The molecule has 0 aliphatic rings. The van der Waals surface area contributed by atoms with Crippen molar-refractivity contribution in [2.24, 2.45) is 0 Å². The summed E-state index contributed by atoms with van der Waals surface area (Å²) in [6.45, 7) is 2.23. The summed E-state index contributed by atoms with van der Waals surface area (Å²) in [4.78, 5) is 7.85. The van der Waals surface area contributed by atoms with Gasteiger partial charge in [0.05, 0.1) is 39.7 Å². The summed E-state index contributed by atoms with van der Waals surface area (Å²) >= 11 is 0.